The zero-order valence-corrected chi connectivity index (χ0v) is 9.90. The molecule has 6 heteroatoms. The number of H-pyrrole nitrogens is 1. The second kappa shape index (κ2) is 5.39. The Kier molecular flexibility index (Phi) is 3.66. The van der Waals surface area contributed by atoms with Gasteiger partial charge in [0.1, 0.15) is 18.0 Å². The lowest BCUT2D eigenvalue weighted by atomic mass is 10.1. The third kappa shape index (κ3) is 2.71. The molecule has 0 aliphatic carbocycles. The van der Waals surface area contributed by atoms with Gasteiger partial charge < -0.3 is 5.32 Å². The van der Waals surface area contributed by atoms with Crippen molar-refractivity contribution in [1.82, 2.24) is 20.5 Å². The number of hydrogen-bond acceptors (Lipinski definition) is 3. The number of benzene rings is 1. The van der Waals surface area contributed by atoms with Crippen LogP contribution < -0.4 is 5.32 Å². The van der Waals surface area contributed by atoms with E-state index in [2.05, 4.69) is 20.5 Å². The van der Waals surface area contributed by atoms with E-state index in [1.807, 2.05) is 0 Å². The van der Waals surface area contributed by atoms with Crippen LogP contribution in [0.15, 0.2) is 24.5 Å². The molecule has 0 unspecified atom stereocenters. The lowest BCUT2D eigenvalue weighted by Gasteiger charge is -2.06. The lowest BCUT2D eigenvalue weighted by molar-refractivity contribution is 0.0950. The first-order valence-electron chi connectivity index (χ1n) is 5.56. The van der Waals surface area contributed by atoms with Gasteiger partial charge in [0.05, 0.1) is 5.56 Å². The molecule has 0 aliphatic heterocycles. The molecule has 1 aromatic carbocycles. The standard InChI is InChI=1S/C12H13FN4O/c1-8-3-2-4-9(11(8)13)12(18)14-6-5-10-15-7-16-17-10/h2-4,7H,5-6H2,1H3,(H,14,18)(H,15,16,17). The molecule has 0 spiro atoms. The molecular formula is C12H13FN4O. The Morgan fingerprint density at radius 2 is 2.33 bits per heavy atom. The van der Waals surface area contributed by atoms with E-state index in [9.17, 15) is 9.18 Å². The highest BCUT2D eigenvalue weighted by Crippen LogP contribution is 2.11. The zero-order valence-electron chi connectivity index (χ0n) is 9.90. The number of hydrogen-bond donors (Lipinski definition) is 2. The van der Waals surface area contributed by atoms with Crippen LogP contribution in [-0.4, -0.2) is 27.6 Å². The predicted octanol–water partition coefficient (Wildman–Crippen LogP) is 1.22. The third-order valence-corrected chi connectivity index (χ3v) is 2.55. The Morgan fingerprint density at radius 3 is 3.06 bits per heavy atom. The Morgan fingerprint density at radius 1 is 1.50 bits per heavy atom. The zero-order chi connectivity index (χ0) is 13.0. The summed E-state index contributed by atoms with van der Waals surface area (Å²) in [6.07, 6.45) is 1.93. The molecule has 18 heavy (non-hydrogen) atoms. The van der Waals surface area contributed by atoms with Gasteiger partial charge in [0.2, 0.25) is 0 Å². The summed E-state index contributed by atoms with van der Waals surface area (Å²) in [6, 6.07) is 4.75. The molecule has 0 atom stereocenters. The Labute approximate surface area is 103 Å². The molecule has 0 saturated heterocycles. The van der Waals surface area contributed by atoms with Crippen molar-refractivity contribution in [2.45, 2.75) is 13.3 Å². The van der Waals surface area contributed by atoms with E-state index in [0.29, 0.717) is 24.4 Å². The van der Waals surface area contributed by atoms with Crippen LogP contribution in [-0.2, 0) is 6.42 Å². The average Bonchev–Trinajstić information content (AvgIpc) is 2.85. The van der Waals surface area contributed by atoms with Gasteiger partial charge in [0.25, 0.3) is 5.91 Å². The summed E-state index contributed by atoms with van der Waals surface area (Å²) >= 11 is 0. The number of carbonyl (C=O) groups excluding carboxylic acids is 1. The minimum absolute atomic E-state index is 0.0626. The van der Waals surface area contributed by atoms with Crippen LogP contribution in [0.4, 0.5) is 4.39 Å². The molecule has 94 valence electrons. The van der Waals surface area contributed by atoms with E-state index in [1.54, 1.807) is 19.1 Å². The van der Waals surface area contributed by atoms with Crippen LogP contribution >= 0.6 is 0 Å². The first kappa shape index (κ1) is 12.2. The Balaban J connectivity index is 1.93. The van der Waals surface area contributed by atoms with Gasteiger partial charge in [0, 0.05) is 13.0 Å². The maximum absolute atomic E-state index is 13.7. The topological polar surface area (TPSA) is 70.7 Å². The molecule has 5 nitrogen and oxygen atoms in total. The van der Waals surface area contributed by atoms with Crippen molar-refractivity contribution in [3.05, 3.63) is 47.3 Å². The minimum Gasteiger partial charge on any atom is -0.351 e. The number of amides is 1. The highest BCUT2D eigenvalue weighted by atomic mass is 19.1. The largest absolute Gasteiger partial charge is 0.351 e. The van der Waals surface area contributed by atoms with Crippen molar-refractivity contribution in [1.29, 1.82) is 0 Å². The number of nitrogens with one attached hydrogen (secondary N) is 2. The maximum atomic E-state index is 13.7. The van der Waals surface area contributed by atoms with E-state index in [0.717, 1.165) is 0 Å². The fraction of sp³-hybridized carbons (Fsp3) is 0.250. The van der Waals surface area contributed by atoms with Gasteiger partial charge in [-0.2, -0.15) is 5.10 Å². The van der Waals surface area contributed by atoms with Gasteiger partial charge in [-0.05, 0) is 18.6 Å². The molecule has 0 radical (unpaired) electrons. The van der Waals surface area contributed by atoms with Gasteiger partial charge in [-0.25, -0.2) is 9.37 Å². The summed E-state index contributed by atoms with van der Waals surface area (Å²) in [6.45, 7) is 2.00. The highest BCUT2D eigenvalue weighted by molar-refractivity contribution is 5.94. The van der Waals surface area contributed by atoms with Gasteiger partial charge in [-0.1, -0.05) is 12.1 Å². The van der Waals surface area contributed by atoms with Gasteiger partial charge >= 0.3 is 0 Å². The van der Waals surface area contributed by atoms with E-state index in [4.69, 9.17) is 0 Å². The number of halogens is 1. The summed E-state index contributed by atoms with van der Waals surface area (Å²) in [5.74, 6) is -0.217. The summed E-state index contributed by atoms with van der Waals surface area (Å²) in [7, 11) is 0. The van der Waals surface area contributed by atoms with E-state index in [1.165, 1.54) is 12.4 Å². The smallest absolute Gasteiger partial charge is 0.254 e. The van der Waals surface area contributed by atoms with Crippen molar-refractivity contribution < 1.29 is 9.18 Å². The third-order valence-electron chi connectivity index (χ3n) is 2.55. The molecule has 1 amide bonds. The molecule has 2 rings (SSSR count). The van der Waals surface area contributed by atoms with Gasteiger partial charge in [-0.3, -0.25) is 9.89 Å². The van der Waals surface area contributed by atoms with Crippen LogP contribution in [0.3, 0.4) is 0 Å². The van der Waals surface area contributed by atoms with E-state index >= 15 is 0 Å². The fourth-order valence-corrected chi connectivity index (χ4v) is 1.56. The second-order valence-electron chi connectivity index (χ2n) is 3.87. The quantitative estimate of drug-likeness (QED) is 0.854. The number of rotatable bonds is 4. The summed E-state index contributed by atoms with van der Waals surface area (Å²) in [5, 5.41) is 9.02. The first-order valence-corrected chi connectivity index (χ1v) is 5.56. The summed E-state index contributed by atoms with van der Waals surface area (Å²) in [5.41, 5.74) is 0.519. The van der Waals surface area contributed by atoms with Crippen LogP contribution in [0.25, 0.3) is 0 Å². The Bertz CT molecular complexity index is 539. The molecule has 0 fully saturated rings. The number of carbonyl (C=O) groups is 1. The molecule has 2 N–H and O–H groups in total. The normalized spacial score (nSPS) is 10.3. The lowest BCUT2D eigenvalue weighted by Crippen LogP contribution is -2.27. The molecule has 1 heterocycles. The molecule has 1 aromatic heterocycles. The van der Waals surface area contributed by atoms with Gasteiger partial charge in [-0.15, -0.1) is 0 Å². The monoisotopic (exact) mass is 248 g/mol. The second-order valence-corrected chi connectivity index (χ2v) is 3.87. The van der Waals surface area contributed by atoms with Crippen LogP contribution in [0.1, 0.15) is 21.7 Å². The predicted molar refractivity (Wildman–Crippen MR) is 63.6 cm³/mol. The number of aromatic nitrogens is 3. The van der Waals surface area contributed by atoms with Crippen LogP contribution in [0, 0.1) is 12.7 Å². The van der Waals surface area contributed by atoms with Crippen molar-refractivity contribution >= 4 is 5.91 Å². The van der Waals surface area contributed by atoms with Crippen LogP contribution in [0.5, 0.6) is 0 Å². The SMILES string of the molecule is Cc1cccc(C(=O)NCCc2ncn[nH]2)c1F. The number of nitrogens with zero attached hydrogens (tertiary/aromatic N) is 2. The minimum atomic E-state index is -0.477. The van der Waals surface area contributed by atoms with E-state index < -0.39 is 11.7 Å². The van der Waals surface area contributed by atoms with Gasteiger partial charge in [0.15, 0.2) is 0 Å². The summed E-state index contributed by atoms with van der Waals surface area (Å²) < 4.78 is 13.7. The molecule has 0 saturated carbocycles. The molecular weight excluding hydrogens is 235 g/mol. The molecule has 2 aromatic rings. The maximum Gasteiger partial charge on any atom is 0.254 e. The molecule has 0 bridgehead atoms. The Hall–Kier alpha value is -2.24. The van der Waals surface area contributed by atoms with Crippen molar-refractivity contribution in [3.63, 3.8) is 0 Å². The molecule has 0 aliphatic rings. The highest BCUT2D eigenvalue weighted by Gasteiger charge is 2.12. The summed E-state index contributed by atoms with van der Waals surface area (Å²) in [4.78, 5) is 15.7. The average molecular weight is 248 g/mol. The fourth-order valence-electron chi connectivity index (χ4n) is 1.56. The van der Waals surface area contributed by atoms with Crippen molar-refractivity contribution in [2.24, 2.45) is 0 Å². The number of aromatic amines is 1. The van der Waals surface area contributed by atoms with E-state index in [-0.39, 0.29) is 5.56 Å². The first-order chi connectivity index (χ1) is 8.68. The van der Waals surface area contributed by atoms with Crippen LogP contribution in [0.2, 0.25) is 0 Å². The number of aryl methyl sites for hydroxylation is 1. The van der Waals surface area contributed by atoms with Crippen molar-refractivity contribution in [2.75, 3.05) is 6.54 Å². The van der Waals surface area contributed by atoms with Crippen molar-refractivity contribution in [3.8, 4) is 0 Å².